The Balaban J connectivity index is -0.0000000675. The molecule has 0 saturated heterocycles. The fourth-order valence-corrected chi connectivity index (χ4v) is 0.792. The lowest BCUT2D eigenvalue weighted by Gasteiger charge is -2.07. The van der Waals surface area contributed by atoms with E-state index in [0.29, 0.717) is 0 Å². The maximum atomic E-state index is 5.31. The molecule has 0 rings (SSSR count). The van der Waals surface area contributed by atoms with Crippen LogP contribution in [0.1, 0.15) is 25.7 Å². The van der Waals surface area contributed by atoms with E-state index in [1.807, 2.05) is 0 Å². The molecule has 0 bridgehead atoms. The van der Waals surface area contributed by atoms with Gasteiger partial charge < -0.3 is 5.73 Å². The Labute approximate surface area is 111 Å². The van der Waals surface area contributed by atoms with Crippen LogP contribution in [0.2, 0.25) is 0 Å². The molecule has 6 N–H and O–H groups in total. The van der Waals surface area contributed by atoms with Crippen molar-refractivity contribution in [2.75, 3.05) is 13.1 Å². The van der Waals surface area contributed by atoms with Crippen LogP contribution in [-0.2, 0) is 0 Å². The molecular weight excluding hydrogens is 270 g/mol. The second-order valence-corrected chi connectivity index (χ2v) is 2.44. The Morgan fingerprint density at radius 3 is 1.50 bits per heavy atom. The lowest BCUT2D eigenvalue weighted by atomic mass is 10.2. The van der Waals surface area contributed by atoms with Crippen LogP contribution in [0.3, 0.4) is 0 Å². The highest BCUT2D eigenvalue weighted by Crippen LogP contribution is 1.97. The molecule has 0 heterocycles. The quantitative estimate of drug-likeness (QED) is 0.391. The minimum Gasteiger partial charge on any atom is -0.330 e. The molecule has 0 amide bonds. The van der Waals surface area contributed by atoms with Crippen molar-refractivity contribution >= 4 is 49.6 Å². The zero-order chi connectivity index (χ0) is 7.82. The first kappa shape index (κ1) is 29.4. The summed E-state index contributed by atoms with van der Waals surface area (Å²) < 4.78 is 0. The van der Waals surface area contributed by atoms with Crippen molar-refractivity contribution in [1.82, 2.24) is 5.12 Å². The van der Waals surface area contributed by atoms with Crippen LogP contribution in [0.15, 0.2) is 0 Å². The van der Waals surface area contributed by atoms with Crippen LogP contribution in [0.25, 0.3) is 0 Å². The number of hydrogen-bond donors (Lipinski definition) is 3. The van der Waals surface area contributed by atoms with Gasteiger partial charge in [-0.1, -0.05) is 12.8 Å². The Hall–Kier alpha value is 1.000. The highest BCUT2D eigenvalue weighted by Gasteiger charge is 1.90. The fourth-order valence-electron chi connectivity index (χ4n) is 0.792. The molecule has 0 saturated carbocycles. The van der Waals surface area contributed by atoms with Gasteiger partial charge in [-0.05, 0) is 19.4 Å². The number of halogens is 4. The molecule has 0 aliphatic rings. The highest BCUT2D eigenvalue weighted by molar-refractivity contribution is 5.86. The minimum absolute atomic E-state index is 0. The van der Waals surface area contributed by atoms with E-state index in [0.717, 1.165) is 25.9 Å². The first-order valence-corrected chi connectivity index (χ1v) is 3.74. The summed E-state index contributed by atoms with van der Waals surface area (Å²) in [6.45, 7) is 1.56. The largest absolute Gasteiger partial charge is 0.330 e. The average Bonchev–Trinajstić information content (AvgIpc) is 1.87. The van der Waals surface area contributed by atoms with E-state index in [9.17, 15) is 0 Å². The molecule has 0 aliphatic heterocycles. The Bertz CT molecular complexity index is 76.9. The standard InChI is InChI=1S/C6H18N4.4ClH/c7-5-3-1-2-4-6-10(8)9;;;;/h1-9H2;4*1H. The van der Waals surface area contributed by atoms with E-state index in [1.165, 1.54) is 18.0 Å². The molecule has 0 fully saturated rings. The number of unbranched alkanes of at least 4 members (excludes halogenated alkanes) is 3. The monoisotopic (exact) mass is 290 g/mol. The number of hydrogen-bond acceptors (Lipinski definition) is 4. The third kappa shape index (κ3) is 29.2. The first-order chi connectivity index (χ1) is 4.77. The lowest BCUT2D eigenvalue weighted by Crippen LogP contribution is -2.38. The van der Waals surface area contributed by atoms with Gasteiger partial charge in [-0.3, -0.25) is 11.7 Å². The predicted octanol–water partition coefficient (Wildman–Crippen LogP) is 1.24. The van der Waals surface area contributed by atoms with Crippen LogP contribution < -0.4 is 17.4 Å². The molecule has 94 valence electrons. The zero-order valence-corrected chi connectivity index (χ0v) is 11.3. The SMILES string of the molecule is Cl.Cl.Cl.Cl.NCCCCCCN(N)N. The van der Waals surface area contributed by atoms with Gasteiger partial charge in [-0.15, -0.1) is 49.6 Å². The molecule has 4 nitrogen and oxygen atoms in total. The second-order valence-electron chi connectivity index (χ2n) is 2.44. The average molecular weight is 292 g/mol. The molecular formula is C6H22Cl4N4. The summed E-state index contributed by atoms with van der Waals surface area (Å²) in [6.07, 6.45) is 4.52. The molecule has 0 aliphatic carbocycles. The van der Waals surface area contributed by atoms with E-state index < -0.39 is 0 Å². The zero-order valence-electron chi connectivity index (χ0n) is 8.05. The van der Waals surface area contributed by atoms with Crippen LogP contribution in [0.5, 0.6) is 0 Å². The van der Waals surface area contributed by atoms with E-state index in [4.69, 9.17) is 17.4 Å². The van der Waals surface area contributed by atoms with E-state index in [-0.39, 0.29) is 49.6 Å². The third-order valence-electron chi connectivity index (χ3n) is 1.37. The van der Waals surface area contributed by atoms with Gasteiger partial charge in [0.2, 0.25) is 0 Å². The van der Waals surface area contributed by atoms with Crippen molar-refractivity contribution in [3.63, 3.8) is 0 Å². The van der Waals surface area contributed by atoms with Crippen LogP contribution in [-0.4, -0.2) is 18.2 Å². The van der Waals surface area contributed by atoms with Gasteiger partial charge in [0.15, 0.2) is 0 Å². The normalized spacial score (nSPS) is 7.71. The van der Waals surface area contributed by atoms with Crippen LogP contribution in [0, 0.1) is 0 Å². The summed E-state index contributed by atoms with van der Waals surface area (Å²) in [5.41, 5.74) is 5.31. The number of nitrogens with zero attached hydrogens (tertiary/aromatic N) is 1. The summed E-state index contributed by atoms with van der Waals surface area (Å²) in [4.78, 5) is 0. The molecule has 0 aromatic heterocycles. The van der Waals surface area contributed by atoms with Crippen molar-refractivity contribution in [3.8, 4) is 0 Å². The second kappa shape index (κ2) is 23.7. The highest BCUT2D eigenvalue weighted by atomic mass is 35.5. The van der Waals surface area contributed by atoms with E-state index in [1.54, 1.807) is 0 Å². The fraction of sp³-hybridized carbons (Fsp3) is 1.00. The minimum atomic E-state index is 0. The Morgan fingerprint density at radius 2 is 1.14 bits per heavy atom. The van der Waals surface area contributed by atoms with Crippen LogP contribution >= 0.6 is 49.6 Å². The van der Waals surface area contributed by atoms with E-state index >= 15 is 0 Å². The van der Waals surface area contributed by atoms with Gasteiger partial charge >= 0.3 is 0 Å². The van der Waals surface area contributed by atoms with Gasteiger partial charge in [0.05, 0.1) is 0 Å². The lowest BCUT2D eigenvalue weighted by molar-refractivity contribution is 0.286. The summed E-state index contributed by atoms with van der Waals surface area (Å²) in [5, 5.41) is 1.22. The number of nitrogens with two attached hydrogens (primary N) is 3. The van der Waals surface area contributed by atoms with Crippen molar-refractivity contribution < 1.29 is 0 Å². The number of rotatable bonds is 6. The topological polar surface area (TPSA) is 81.3 Å². The maximum absolute atomic E-state index is 5.31. The molecule has 8 heteroatoms. The molecule has 0 aromatic rings. The summed E-state index contributed by atoms with van der Waals surface area (Å²) in [5.74, 6) is 10.4. The molecule has 0 unspecified atom stereocenters. The van der Waals surface area contributed by atoms with Crippen molar-refractivity contribution in [2.24, 2.45) is 17.4 Å². The van der Waals surface area contributed by atoms with E-state index in [2.05, 4.69) is 0 Å². The van der Waals surface area contributed by atoms with Crippen molar-refractivity contribution in [2.45, 2.75) is 25.7 Å². The molecule has 14 heavy (non-hydrogen) atoms. The molecule has 0 spiro atoms. The maximum Gasteiger partial charge on any atom is 0.0283 e. The van der Waals surface area contributed by atoms with Gasteiger partial charge in [-0.25, -0.2) is 0 Å². The van der Waals surface area contributed by atoms with Gasteiger partial charge in [-0.2, -0.15) is 5.12 Å². The van der Waals surface area contributed by atoms with Crippen molar-refractivity contribution in [1.29, 1.82) is 0 Å². The van der Waals surface area contributed by atoms with Crippen molar-refractivity contribution in [3.05, 3.63) is 0 Å². The number of hydrazine groups is 2. The summed E-state index contributed by atoms with van der Waals surface area (Å²) >= 11 is 0. The van der Waals surface area contributed by atoms with Crippen LogP contribution in [0.4, 0.5) is 0 Å². The Kier molecular flexibility index (Phi) is 49.7. The summed E-state index contributed by atoms with van der Waals surface area (Å²) in [6, 6.07) is 0. The molecule has 0 atom stereocenters. The van der Waals surface area contributed by atoms with Gasteiger partial charge in [0.25, 0.3) is 0 Å². The smallest absolute Gasteiger partial charge is 0.0283 e. The molecule has 0 radical (unpaired) electrons. The molecule has 0 aromatic carbocycles. The first-order valence-electron chi connectivity index (χ1n) is 3.74. The van der Waals surface area contributed by atoms with Gasteiger partial charge in [0.1, 0.15) is 0 Å². The Morgan fingerprint density at radius 1 is 0.714 bits per heavy atom. The third-order valence-corrected chi connectivity index (χ3v) is 1.37. The summed E-state index contributed by atoms with van der Waals surface area (Å²) in [7, 11) is 0. The van der Waals surface area contributed by atoms with Gasteiger partial charge in [0, 0.05) is 6.54 Å². The predicted molar refractivity (Wildman–Crippen MR) is 71.6 cm³/mol.